The van der Waals surface area contributed by atoms with Crippen LogP contribution in [0.2, 0.25) is 5.02 Å². The van der Waals surface area contributed by atoms with Crippen molar-refractivity contribution in [1.29, 1.82) is 0 Å². The number of hydrogen-bond acceptors (Lipinski definition) is 4. The Balaban J connectivity index is 1.90. The van der Waals surface area contributed by atoms with E-state index in [2.05, 4.69) is 9.97 Å². The number of methoxy groups -OCH3 is 1. The maximum Gasteiger partial charge on any atom is 0.250 e. The molecule has 3 aromatic rings. The molecule has 0 bridgehead atoms. The lowest BCUT2D eigenvalue weighted by molar-refractivity contribution is 0.100. The monoisotopic (exact) mass is 353 g/mol. The summed E-state index contributed by atoms with van der Waals surface area (Å²) in [4.78, 5) is 19.9. The minimum atomic E-state index is -0.544. The highest BCUT2D eigenvalue weighted by Crippen LogP contribution is 2.28. The lowest BCUT2D eigenvalue weighted by Crippen LogP contribution is -2.11. The van der Waals surface area contributed by atoms with Crippen molar-refractivity contribution >= 4 is 17.5 Å². The molecule has 126 valence electrons. The third-order valence-corrected chi connectivity index (χ3v) is 4.10. The maximum atomic E-state index is 11.3. The molecule has 0 aliphatic rings. The number of ether oxygens (including phenoxy) is 1. The molecule has 0 aliphatic carbocycles. The Kier molecular flexibility index (Phi) is 4.95. The fourth-order valence-corrected chi connectivity index (χ4v) is 2.87. The molecule has 0 saturated carbocycles. The molecule has 0 radical (unpaired) electrons. The Morgan fingerprint density at radius 3 is 2.68 bits per heavy atom. The van der Waals surface area contributed by atoms with Crippen LogP contribution in [0.5, 0.6) is 5.75 Å². The van der Waals surface area contributed by atoms with E-state index in [0.717, 1.165) is 28.3 Å². The summed E-state index contributed by atoms with van der Waals surface area (Å²) in [5.74, 6) is 0.207. The van der Waals surface area contributed by atoms with Gasteiger partial charge in [-0.25, -0.2) is 9.97 Å². The van der Waals surface area contributed by atoms with Crippen LogP contribution in [0.15, 0.2) is 54.9 Å². The number of carbonyl (C=O) groups excluding carboxylic acids is 1. The van der Waals surface area contributed by atoms with Gasteiger partial charge < -0.3 is 10.5 Å². The van der Waals surface area contributed by atoms with Crippen molar-refractivity contribution in [2.75, 3.05) is 7.11 Å². The van der Waals surface area contributed by atoms with Gasteiger partial charge in [0.25, 0.3) is 0 Å². The van der Waals surface area contributed by atoms with Crippen LogP contribution in [0.25, 0.3) is 11.3 Å². The average Bonchev–Trinajstić information content (AvgIpc) is 2.61. The third-order valence-electron chi connectivity index (χ3n) is 3.79. The Labute approximate surface area is 150 Å². The topological polar surface area (TPSA) is 78.1 Å². The number of para-hydroxylation sites is 1. The van der Waals surface area contributed by atoms with E-state index in [0.29, 0.717) is 17.0 Å². The maximum absolute atomic E-state index is 11.3. The van der Waals surface area contributed by atoms with Crippen LogP contribution in [0.1, 0.15) is 21.6 Å². The number of benzene rings is 2. The van der Waals surface area contributed by atoms with E-state index < -0.39 is 5.91 Å². The molecule has 0 atom stereocenters. The van der Waals surface area contributed by atoms with Crippen LogP contribution in [0.4, 0.5) is 0 Å². The van der Waals surface area contributed by atoms with Crippen LogP contribution < -0.4 is 10.5 Å². The highest BCUT2D eigenvalue weighted by atomic mass is 35.5. The molecule has 1 aromatic heterocycles. The van der Waals surface area contributed by atoms with E-state index >= 15 is 0 Å². The SMILES string of the molecule is COc1ccccc1-c1cc(Cc2ccc(C(N)=O)c(Cl)c2)ncn1. The minimum Gasteiger partial charge on any atom is -0.496 e. The molecule has 0 spiro atoms. The molecule has 2 N–H and O–H groups in total. The molecule has 6 heteroatoms. The molecular weight excluding hydrogens is 338 g/mol. The second-order valence-corrected chi connectivity index (χ2v) is 5.86. The van der Waals surface area contributed by atoms with Gasteiger partial charge in [0.15, 0.2) is 0 Å². The second-order valence-electron chi connectivity index (χ2n) is 5.45. The highest BCUT2D eigenvalue weighted by Gasteiger charge is 2.10. The van der Waals surface area contributed by atoms with E-state index in [9.17, 15) is 4.79 Å². The zero-order valence-corrected chi connectivity index (χ0v) is 14.3. The van der Waals surface area contributed by atoms with E-state index in [-0.39, 0.29) is 0 Å². The minimum absolute atomic E-state index is 0.308. The predicted molar refractivity (Wildman–Crippen MR) is 96.8 cm³/mol. The van der Waals surface area contributed by atoms with Crippen molar-refractivity contribution < 1.29 is 9.53 Å². The predicted octanol–water partition coefficient (Wildman–Crippen LogP) is 3.50. The highest BCUT2D eigenvalue weighted by molar-refractivity contribution is 6.33. The van der Waals surface area contributed by atoms with Crippen molar-refractivity contribution in [1.82, 2.24) is 9.97 Å². The summed E-state index contributed by atoms with van der Waals surface area (Å²) in [5, 5.41) is 0.337. The van der Waals surface area contributed by atoms with Crippen LogP contribution >= 0.6 is 11.6 Å². The summed E-state index contributed by atoms with van der Waals surface area (Å²) in [6.45, 7) is 0. The van der Waals surface area contributed by atoms with Gasteiger partial charge in [-0.2, -0.15) is 0 Å². The zero-order chi connectivity index (χ0) is 17.8. The summed E-state index contributed by atoms with van der Waals surface area (Å²) in [6, 6.07) is 14.8. The summed E-state index contributed by atoms with van der Waals surface area (Å²) < 4.78 is 5.39. The molecule has 1 amide bonds. The van der Waals surface area contributed by atoms with Gasteiger partial charge in [-0.1, -0.05) is 29.8 Å². The van der Waals surface area contributed by atoms with Gasteiger partial charge in [-0.05, 0) is 35.9 Å². The lowest BCUT2D eigenvalue weighted by atomic mass is 10.0. The number of nitrogens with zero attached hydrogens (tertiary/aromatic N) is 2. The first-order chi connectivity index (χ1) is 12.1. The smallest absolute Gasteiger partial charge is 0.250 e. The molecule has 0 fully saturated rings. The van der Waals surface area contributed by atoms with E-state index in [4.69, 9.17) is 22.1 Å². The number of aromatic nitrogens is 2. The average molecular weight is 354 g/mol. The van der Waals surface area contributed by atoms with E-state index in [1.807, 2.05) is 36.4 Å². The first-order valence-electron chi connectivity index (χ1n) is 7.61. The molecule has 0 aliphatic heterocycles. The fourth-order valence-electron chi connectivity index (χ4n) is 2.58. The van der Waals surface area contributed by atoms with Crippen molar-refractivity contribution in [2.45, 2.75) is 6.42 Å². The summed E-state index contributed by atoms with van der Waals surface area (Å²) in [7, 11) is 1.63. The number of rotatable bonds is 5. The standard InChI is InChI=1S/C19H16ClN3O2/c1-25-18-5-3-2-4-15(18)17-10-13(22-11-23-17)8-12-6-7-14(19(21)24)16(20)9-12/h2-7,9-11H,8H2,1H3,(H2,21,24). The zero-order valence-electron chi connectivity index (χ0n) is 13.6. The number of amides is 1. The van der Waals surface area contributed by atoms with Crippen LogP contribution in [-0.2, 0) is 6.42 Å². The summed E-state index contributed by atoms with van der Waals surface area (Å²) >= 11 is 6.11. The molecule has 3 rings (SSSR count). The number of hydrogen-bond donors (Lipinski definition) is 1. The van der Waals surface area contributed by atoms with Gasteiger partial charge in [0.1, 0.15) is 12.1 Å². The largest absolute Gasteiger partial charge is 0.496 e. The van der Waals surface area contributed by atoms with Gasteiger partial charge in [0.2, 0.25) is 5.91 Å². The normalized spacial score (nSPS) is 10.5. The molecule has 2 aromatic carbocycles. The van der Waals surface area contributed by atoms with Gasteiger partial charge in [-0.15, -0.1) is 0 Å². The van der Waals surface area contributed by atoms with Gasteiger partial charge in [0.05, 0.1) is 23.4 Å². The number of nitrogens with two attached hydrogens (primary N) is 1. The summed E-state index contributed by atoms with van der Waals surface area (Å²) in [5.41, 5.74) is 9.02. The molecule has 0 saturated heterocycles. The number of primary amides is 1. The number of halogens is 1. The van der Waals surface area contributed by atoms with Gasteiger partial charge in [-0.3, -0.25) is 4.79 Å². The van der Waals surface area contributed by atoms with Crippen molar-refractivity contribution in [2.24, 2.45) is 5.73 Å². The second kappa shape index (κ2) is 7.32. The molecule has 0 unspecified atom stereocenters. The molecule has 1 heterocycles. The van der Waals surface area contributed by atoms with Crippen molar-refractivity contribution in [3.8, 4) is 17.0 Å². The van der Waals surface area contributed by atoms with Crippen LogP contribution in [-0.4, -0.2) is 23.0 Å². The van der Waals surface area contributed by atoms with Crippen molar-refractivity contribution in [3.05, 3.63) is 76.7 Å². The van der Waals surface area contributed by atoms with E-state index in [1.165, 1.54) is 6.33 Å². The Hall–Kier alpha value is -2.92. The van der Waals surface area contributed by atoms with Gasteiger partial charge >= 0.3 is 0 Å². The quantitative estimate of drug-likeness (QED) is 0.761. The fraction of sp³-hybridized carbons (Fsp3) is 0.105. The Morgan fingerprint density at radius 1 is 1.16 bits per heavy atom. The Bertz CT molecular complexity index is 928. The van der Waals surface area contributed by atoms with E-state index in [1.54, 1.807) is 19.2 Å². The summed E-state index contributed by atoms with van der Waals surface area (Å²) in [6.07, 6.45) is 2.08. The lowest BCUT2D eigenvalue weighted by Gasteiger charge is -2.09. The van der Waals surface area contributed by atoms with Crippen LogP contribution in [0.3, 0.4) is 0 Å². The first kappa shape index (κ1) is 16.9. The van der Waals surface area contributed by atoms with Crippen LogP contribution in [0, 0.1) is 0 Å². The molecule has 25 heavy (non-hydrogen) atoms. The van der Waals surface area contributed by atoms with Gasteiger partial charge in [0, 0.05) is 17.7 Å². The number of carbonyl (C=O) groups is 1. The first-order valence-corrected chi connectivity index (χ1v) is 7.99. The third kappa shape index (κ3) is 3.78. The Morgan fingerprint density at radius 2 is 1.96 bits per heavy atom. The molecule has 5 nitrogen and oxygen atoms in total. The van der Waals surface area contributed by atoms with Crippen molar-refractivity contribution in [3.63, 3.8) is 0 Å². The molecular formula is C19H16ClN3O2.